The number of hydrogen-bond acceptors (Lipinski definition) is 4. The topological polar surface area (TPSA) is 56.5 Å². The van der Waals surface area contributed by atoms with Gasteiger partial charge in [-0.3, -0.25) is 0 Å². The lowest BCUT2D eigenvalue weighted by atomic mass is 10.2. The van der Waals surface area contributed by atoms with Crippen molar-refractivity contribution in [2.75, 3.05) is 20.3 Å². The molecule has 5 nitrogen and oxygen atoms in total. The Hall–Kier alpha value is -1.28. The average molecular weight is 254 g/mol. The SMILES string of the molecule is COCCOc1c(CO)c(C(F)(F)F)nn1C. The zero-order chi connectivity index (χ0) is 13.1. The maximum absolute atomic E-state index is 12.5. The van der Waals surface area contributed by atoms with Crippen LogP contribution in [0.15, 0.2) is 0 Å². The van der Waals surface area contributed by atoms with Crippen LogP contribution in [0.2, 0.25) is 0 Å². The van der Waals surface area contributed by atoms with Crippen molar-refractivity contribution in [1.29, 1.82) is 0 Å². The van der Waals surface area contributed by atoms with Gasteiger partial charge in [0.05, 0.1) is 18.8 Å². The van der Waals surface area contributed by atoms with E-state index in [4.69, 9.17) is 14.6 Å². The van der Waals surface area contributed by atoms with E-state index in [1.807, 2.05) is 0 Å². The fourth-order valence-corrected chi connectivity index (χ4v) is 1.32. The molecule has 0 saturated carbocycles. The zero-order valence-electron chi connectivity index (χ0n) is 9.41. The summed E-state index contributed by atoms with van der Waals surface area (Å²) < 4.78 is 48.4. The fourth-order valence-electron chi connectivity index (χ4n) is 1.32. The summed E-state index contributed by atoms with van der Waals surface area (Å²) in [5, 5.41) is 12.3. The number of rotatable bonds is 5. The van der Waals surface area contributed by atoms with E-state index >= 15 is 0 Å². The maximum atomic E-state index is 12.5. The number of ether oxygens (including phenoxy) is 2. The first kappa shape index (κ1) is 13.8. The van der Waals surface area contributed by atoms with Gasteiger partial charge in [0, 0.05) is 14.2 Å². The highest BCUT2D eigenvalue weighted by molar-refractivity contribution is 5.32. The van der Waals surface area contributed by atoms with Crippen molar-refractivity contribution < 1.29 is 27.8 Å². The number of methoxy groups -OCH3 is 1. The summed E-state index contributed by atoms with van der Waals surface area (Å²) >= 11 is 0. The summed E-state index contributed by atoms with van der Waals surface area (Å²) in [7, 11) is 2.76. The van der Waals surface area contributed by atoms with E-state index in [2.05, 4.69) is 5.10 Å². The molecule has 8 heteroatoms. The van der Waals surface area contributed by atoms with Crippen LogP contribution in [0, 0.1) is 0 Å². The lowest BCUT2D eigenvalue weighted by Crippen LogP contribution is -2.10. The highest BCUT2D eigenvalue weighted by Crippen LogP contribution is 2.35. The summed E-state index contributed by atoms with van der Waals surface area (Å²) in [6, 6.07) is 0. The predicted molar refractivity (Wildman–Crippen MR) is 51.5 cm³/mol. The number of aromatic nitrogens is 2. The van der Waals surface area contributed by atoms with Gasteiger partial charge >= 0.3 is 6.18 Å². The molecular formula is C9H13F3N2O3. The third kappa shape index (κ3) is 3.10. The van der Waals surface area contributed by atoms with Crippen LogP contribution >= 0.6 is 0 Å². The number of aliphatic hydroxyl groups excluding tert-OH is 1. The standard InChI is InChI=1S/C9H13F3N2O3/c1-14-8(17-4-3-16-2)6(5-15)7(13-14)9(10,11)12/h15H,3-5H2,1-2H3. The Bertz CT molecular complexity index is 376. The van der Waals surface area contributed by atoms with Crippen molar-refractivity contribution in [2.45, 2.75) is 12.8 Å². The molecule has 17 heavy (non-hydrogen) atoms. The molecule has 0 bridgehead atoms. The second-order valence-electron chi connectivity index (χ2n) is 3.25. The number of nitrogens with zero attached hydrogens (tertiary/aromatic N) is 2. The van der Waals surface area contributed by atoms with Crippen LogP contribution in [-0.4, -0.2) is 35.2 Å². The first-order valence-electron chi connectivity index (χ1n) is 4.77. The molecule has 0 unspecified atom stereocenters. The van der Waals surface area contributed by atoms with E-state index in [1.54, 1.807) is 0 Å². The van der Waals surface area contributed by atoms with Gasteiger partial charge in [-0.25, -0.2) is 4.68 Å². The summed E-state index contributed by atoms with van der Waals surface area (Å²) in [4.78, 5) is 0. The van der Waals surface area contributed by atoms with Gasteiger partial charge in [0.25, 0.3) is 0 Å². The van der Waals surface area contributed by atoms with Crippen LogP contribution in [-0.2, 0) is 24.6 Å². The second kappa shape index (κ2) is 5.37. The van der Waals surface area contributed by atoms with Crippen molar-refractivity contribution in [1.82, 2.24) is 9.78 Å². The third-order valence-corrected chi connectivity index (χ3v) is 2.04. The Morgan fingerprint density at radius 2 is 2.00 bits per heavy atom. The molecule has 0 radical (unpaired) electrons. The minimum absolute atomic E-state index is 0.0837. The maximum Gasteiger partial charge on any atom is 0.435 e. The molecule has 1 heterocycles. The minimum atomic E-state index is -4.61. The highest BCUT2D eigenvalue weighted by Gasteiger charge is 2.39. The Morgan fingerprint density at radius 3 is 2.47 bits per heavy atom. The van der Waals surface area contributed by atoms with Crippen molar-refractivity contribution in [3.8, 4) is 5.88 Å². The van der Waals surface area contributed by atoms with Crippen LogP contribution in [0.3, 0.4) is 0 Å². The van der Waals surface area contributed by atoms with Gasteiger partial charge in [0.2, 0.25) is 5.88 Å². The summed E-state index contributed by atoms with van der Waals surface area (Å²) in [5.41, 5.74) is -1.49. The highest BCUT2D eigenvalue weighted by atomic mass is 19.4. The molecule has 0 aliphatic heterocycles. The Morgan fingerprint density at radius 1 is 1.35 bits per heavy atom. The van der Waals surface area contributed by atoms with Gasteiger partial charge in [0.1, 0.15) is 6.61 Å². The Kier molecular flexibility index (Phi) is 4.35. The van der Waals surface area contributed by atoms with Crippen LogP contribution in [0.5, 0.6) is 5.88 Å². The summed E-state index contributed by atoms with van der Waals surface area (Å²) in [5.74, 6) is -0.100. The smallest absolute Gasteiger partial charge is 0.435 e. The third-order valence-electron chi connectivity index (χ3n) is 2.04. The molecule has 1 aromatic rings. The van der Waals surface area contributed by atoms with Crippen LogP contribution < -0.4 is 4.74 Å². The Labute approximate surface area is 95.7 Å². The zero-order valence-corrected chi connectivity index (χ0v) is 9.41. The molecule has 0 aromatic carbocycles. The van der Waals surface area contributed by atoms with Gasteiger partial charge in [-0.05, 0) is 0 Å². The van der Waals surface area contributed by atoms with Crippen molar-refractivity contribution in [2.24, 2.45) is 7.05 Å². The molecule has 0 atom stereocenters. The van der Waals surface area contributed by atoms with Gasteiger partial charge in [0.15, 0.2) is 5.69 Å². The molecule has 0 aliphatic carbocycles. The number of hydrogen-bond donors (Lipinski definition) is 1. The van der Waals surface area contributed by atoms with E-state index in [1.165, 1.54) is 14.2 Å². The molecule has 1 aromatic heterocycles. The number of aliphatic hydroxyl groups is 1. The average Bonchev–Trinajstić information content (AvgIpc) is 2.56. The molecule has 1 rings (SSSR count). The molecule has 0 saturated heterocycles. The van der Waals surface area contributed by atoms with Crippen LogP contribution in [0.1, 0.15) is 11.3 Å². The van der Waals surface area contributed by atoms with E-state index in [9.17, 15) is 13.2 Å². The molecule has 0 amide bonds. The van der Waals surface area contributed by atoms with E-state index in [-0.39, 0.29) is 24.7 Å². The van der Waals surface area contributed by atoms with Gasteiger partial charge in [-0.15, -0.1) is 0 Å². The van der Waals surface area contributed by atoms with E-state index in [0.29, 0.717) is 0 Å². The quantitative estimate of drug-likeness (QED) is 0.795. The molecule has 1 N–H and O–H groups in total. The van der Waals surface area contributed by atoms with E-state index in [0.717, 1.165) is 4.68 Å². The predicted octanol–water partition coefficient (Wildman–Crippen LogP) is 0.956. The Balaban J connectivity index is 3.00. The van der Waals surface area contributed by atoms with Crippen molar-refractivity contribution >= 4 is 0 Å². The molecular weight excluding hydrogens is 241 g/mol. The van der Waals surface area contributed by atoms with Crippen molar-refractivity contribution in [3.63, 3.8) is 0 Å². The first-order valence-corrected chi connectivity index (χ1v) is 4.77. The summed E-state index contributed by atoms with van der Waals surface area (Å²) in [6.07, 6.45) is -4.61. The first-order chi connectivity index (χ1) is 7.91. The van der Waals surface area contributed by atoms with E-state index < -0.39 is 18.5 Å². The number of alkyl halides is 3. The van der Waals surface area contributed by atoms with Crippen molar-refractivity contribution in [3.05, 3.63) is 11.3 Å². The van der Waals surface area contributed by atoms with Crippen LogP contribution in [0.4, 0.5) is 13.2 Å². The van der Waals surface area contributed by atoms with Crippen LogP contribution in [0.25, 0.3) is 0 Å². The molecule has 0 aliphatic rings. The second-order valence-corrected chi connectivity index (χ2v) is 3.25. The normalized spacial score (nSPS) is 11.9. The monoisotopic (exact) mass is 254 g/mol. The lowest BCUT2D eigenvalue weighted by Gasteiger charge is -2.08. The number of halogens is 3. The van der Waals surface area contributed by atoms with Gasteiger partial charge < -0.3 is 14.6 Å². The van der Waals surface area contributed by atoms with Gasteiger partial charge in [-0.1, -0.05) is 0 Å². The van der Waals surface area contributed by atoms with Gasteiger partial charge in [-0.2, -0.15) is 18.3 Å². The fraction of sp³-hybridized carbons (Fsp3) is 0.667. The summed E-state index contributed by atoms with van der Waals surface area (Å²) in [6.45, 7) is -0.470. The molecule has 0 spiro atoms. The number of aryl methyl sites for hydroxylation is 1. The minimum Gasteiger partial charge on any atom is -0.475 e. The molecule has 0 fully saturated rings. The largest absolute Gasteiger partial charge is 0.475 e. The molecule has 98 valence electrons. The lowest BCUT2D eigenvalue weighted by molar-refractivity contribution is -0.142.